The molecule has 0 radical (unpaired) electrons. The number of primary amides is 1. The second-order valence-corrected chi connectivity index (χ2v) is 6.20. The van der Waals surface area contributed by atoms with Crippen molar-refractivity contribution in [3.63, 3.8) is 0 Å². The van der Waals surface area contributed by atoms with Crippen LogP contribution in [0.15, 0.2) is 18.2 Å². The van der Waals surface area contributed by atoms with Gasteiger partial charge in [-0.15, -0.1) is 0 Å². The highest BCUT2D eigenvalue weighted by Gasteiger charge is 2.23. The molecule has 0 bridgehead atoms. The van der Waals surface area contributed by atoms with Gasteiger partial charge in [0.1, 0.15) is 6.07 Å². The minimum absolute atomic E-state index is 0.204. The summed E-state index contributed by atoms with van der Waals surface area (Å²) in [6.45, 7) is 1.70. The number of likely N-dealkylation sites (tertiary alicyclic amines) is 1. The third-order valence-corrected chi connectivity index (χ3v) is 4.07. The Labute approximate surface area is 140 Å². The van der Waals surface area contributed by atoms with E-state index < -0.39 is 0 Å². The first-order chi connectivity index (χ1) is 11.0. The number of nitrogens with one attached hydrogen (secondary N) is 1. The molecule has 1 aromatic carbocycles. The Morgan fingerprint density at radius 2 is 2.26 bits per heavy atom. The SMILES string of the molecule is N#Cc1ccc(Cl)cc1NC(=O)CN1CCC[C@H](CC(N)=O)C1. The molecule has 1 aliphatic heterocycles. The van der Waals surface area contributed by atoms with Gasteiger partial charge in [-0.2, -0.15) is 5.26 Å². The lowest BCUT2D eigenvalue weighted by atomic mass is 9.94. The molecule has 3 N–H and O–H groups in total. The highest BCUT2D eigenvalue weighted by Crippen LogP contribution is 2.21. The smallest absolute Gasteiger partial charge is 0.238 e. The molecule has 1 atom stereocenters. The molecule has 2 rings (SSSR count). The van der Waals surface area contributed by atoms with Gasteiger partial charge >= 0.3 is 0 Å². The van der Waals surface area contributed by atoms with Gasteiger partial charge < -0.3 is 11.1 Å². The van der Waals surface area contributed by atoms with Crippen LogP contribution >= 0.6 is 11.6 Å². The van der Waals surface area contributed by atoms with Crippen LogP contribution in [-0.2, 0) is 9.59 Å². The Bertz CT molecular complexity index is 641. The molecule has 0 aromatic heterocycles. The largest absolute Gasteiger partial charge is 0.370 e. The molecule has 0 saturated carbocycles. The van der Waals surface area contributed by atoms with Crippen molar-refractivity contribution in [1.29, 1.82) is 5.26 Å². The molecular weight excluding hydrogens is 316 g/mol. The van der Waals surface area contributed by atoms with E-state index in [4.69, 9.17) is 22.6 Å². The molecule has 2 amide bonds. The van der Waals surface area contributed by atoms with Crippen molar-refractivity contribution in [2.45, 2.75) is 19.3 Å². The van der Waals surface area contributed by atoms with Gasteiger partial charge in [0.05, 0.1) is 17.8 Å². The molecule has 1 aliphatic rings. The number of carbonyl (C=O) groups is 2. The molecule has 0 spiro atoms. The quantitative estimate of drug-likeness (QED) is 0.856. The first-order valence-electron chi connectivity index (χ1n) is 7.48. The molecule has 122 valence electrons. The van der Waals surface area contributed by atoms with Crippen molar-refractivity contribution in [2.24, 2.45) is 11.7 Å². The van der Waals surface area contributed by atoms with Crippen LogP contribution in [0.1, 0.15) is 24.8 Å². The van der Waals surface area contributed by atoms with E-state index >= 15 is 0 Å². The Morgan fingerprint density at radius 3 is 2.96 bits per heavy atom. The van der Waals surface area contributed by atoms with E-state index in [1.165, 1.54) is 0 Å². The van der Waals surface area contributed by atoms with Crippen molar-refractivity contribution in [2.75, 3.05) is 25.0 Å². The van der Waals surface area contributed by atoms with Crippen molar-refractivity contribution in [3.8, 4) is 6.07 Å². The van der Waals surface area contributed by atoms with E-state index in [0.717, 1.165) is 19.4 Å². The van der Waals surface area contributed by atoms with Crippen molar-refractivity contribution in [1.82, 2.24) is 4.90 Å². The minimum atomic E-state index is -0.307. The first kappa shape index (κ1) is 17.3. The maximum absolute atomic E-state index is 12.2. The predicted molar refractivity (Wildman–Crippen MR) is 87.8 cm³/mol. The Hall–Kier alpha value is -2.10. The molecule has 7 heteroatoms. The van der Waals surface area contributed by atoms with E-state index in [1.807, 2.05) is 11.0 Å². The normalized spacial score (nSPS) is 18.2. The van der Waals surface area contributed by atoms with Crippen LogP contribution in [0.2, 0.25) is 5.02 Å². The van der Waals surface area contributed by atoms with E-state index in [9.17, 15) is 9.59 Å². The summed E-state index contributed by atoms with van der Waals surface area (Å²) in [5.74, 6) is -0.308. The number of carbonyl (C=O) groups excluding carboxylic acids is 2. The zero-order valence-electron chi connectivity index (χ0n) is 12.7. The number of rotatable bonds is 5. The van der Waals surface area contributed by atoms with Crippen molar-refractivity contribution >= 4 is 29.1 Å². The topological polar surface area (TPSA) is 99.2 Å². The van der Waals surface area contributed by atoms with Crippen LogP contribution in [0.4, 0.5) is 5.69 Å². The summed E-state index contributed by atoms with van der Waals surface area (Å²) < 4.78 is 0. The summed E-state index contributed by atoms with van der Waals surface area (Å²) in [5, 5.41) is 12.2. The Morgan fingerprint density at radius 1 is 1.48 bits per heavy atom. The first-order valence-corrected chi connectivity index (χ1v) is 7.86. The van der Waals surface area contributed by atoms with Gasteiger partial charge in [0.25, 0.3) is 0 Å². The molecule has 0 unspecified atom stereocenters. The van der Waals surface area contributed by atoms with Gasteiger partial charge in [0.15, 0.2) is 0 Å². The van der Waals surface area contributed by atoms with Crippen LogP contribution in [0.25, 0.3) is 0 Å². The Kier molecular flexibility index (Phi) is 5.97. The van der Waals surface area contributed by atoms with Crippen molar-refractivity contribution < 1.29 is 9.59 Å². The third kappa shape index (κ3) is 5.23. The van der Waals surface area contributed by atoms with Crippen LogP contribution in [0, 0.1) is 17.2 Å². The maximum atomic E-state index is 12.2. The van der Waals surface area contributed by atoms with Crippen LogP contribution in [-0.4, -0.2) is 36.3 Å². The summed E-state index contributed by atoms with van der Waals surface area (Å²) in [6.07, 6.45) is 2.24. The standard InChI is InChI=1S/C16H19ClN4O2/c17-13-4-3-12(8-18)14(7-13)20-16(23)10-21-5-1-2-11(9-21)6-15(19)22/h3-4,7,11H,1-2,5-6,9-10H2,(H2,19,22)(H,20,23)/t11-/m1/s1. The fraction of sp³-hybridized carbons (Fsp3) is 0.438. The van der Waals surface area contributed by atoms with Crippen LogP contribution in [0.3, 0.4) is 0 Å². The van der Waals surface area contributed by atoms with Crippen LogP contribution < -0.4 is 11.1 Å². The van der Waals surface area contributed by atoms with Gasteiger partial charge in [-0.05, 0) is 43.5 Å². The molecule has 1 aromatic rings. The van der Waals surface area contributed by atoms with Gasteiger partial charge in [0, 0.05) is 18.0 Å². The molecular formula is C16H19ClN4O2. The fourth-order valence-corrected chi connectivity index (χ4v) is 3.03. The summed E-state index contributed by atoms with van der Waals surface area (Å²) in [6, 6.07) is 6.76. The molecule has 23 heavy (non-hydrogen) atoms. The zero-order valence-corrected chi connectivity index (χ0v) is 13.5. The molecule has 1 heterocycles. The summed E-state index contributed by atoms with van der Waals surface area (Å²) in [5.41, 5.74) is 6.02. The number of halogens is 1. The summed E-state index contributed by atoms with van der Waals surface area (Å²) in [7, 11) is 0. The predicted octanol–water partition coefficient (Wildman–Crippen LogP) is 1.74. The summed E-state index contributed by atoms with van der Waals surface area (Å²) >= 11 is 5.90. The number of anilines is 1. The maximum Gasteiger partial charge on any atom is 0.238 e. The molecule has 1 fully saturated rings. The highest BCUT2D eigenvalue weighted by atomic mass is 35.5. The average molecular weight is 335 g/mol. The number of hydrogen-bond acceptors (Lipinski definition) is 4. The number of piperidine rings is 1. The van der Waals surface area contributed by atoms with Gasteiger partial charge in [-0.3, -0.25) is 14.5 Å². The minimum Gasteiger partial charge on any atom is -0.370 e. The highest BCUT2D eigenvalue weighted by molar-refractivity contribution is 6.31. The summed E-state index contributed by atoms with van der Waals surface area (Å²) in [4.78, 5) is 25.2. The second kappa shape index (κ2) is 7.95. The van der Waals surface area contributed by atoms with E-state index in [0.29, 0.717) is 29.2 Å². The van der Waals surface area contributed by atoms with E-state index in [1.54, 1.807) is 18.2 Å². The number of nitrogens with two attached hydrogens (primary N) is 1. The van der Waals surface area contributed by atoms with Crippen LogP contribution in [0.5, 0.6) is 0 Å². The number of amides is 2. The molecule has 6 nitrogen and oxygen atoms in total. The van der Waals surface area contributed by atoms with E-state index in [-0.39, 0.29) is 24.3 Å². The number of nitriles is 1. The molecule has 1 saturated heterocycles. The average Bonchev–Trinajstić information content (AvgIpc) is 2.47. The number of nitrogens with zero attached hydrogens (tertiary/aromatic N) is 2. The van der Waals surface area contributed by atoms with Gasteiger partial charge in [0.2, 0.25) is 11.8 Å². The second-order valence-electron chi connectivity index (χ2n) is 5.76. The lowest BCUT2D eigenvalue weighted by molar-refractivity contribution is -0.119. The molecule has 0 aliphatic carbocycles. The van der Waals surface area contributed by atoms with Gasteiger partial charge in [-0.25, -0.2) is 0 Å². The third-order valence-electron chi connectivity index (χ3n) is 3.84. The fourth-order valence-electron chi connectivity index (χ4n) is 2.86. The zero-order chi connectivity index (χ0) is 16.8. The Balaban J connectivity index is 1.93. The number of hydrogen-bond donors (Lipinski definition) is 2. The van der Waals surface area contributed by atoms with Crippen molar-refractivity contribution in [3.05, 3.63) is 28.8 Å². The van der Waals surface area contributed by atoms with Gasteiger partial charge in [-0.1, -0.05) is 11.6 Å². The lowest BCUT2D eigenvalue weighted by Crippen LogP contribution is -2.41. The van der Waals surface area contributed by atoms with E-state index in [2.05, 4.69) is 5.32 Å². The number of benzene rings is 1. The monoisotopic (exact) mass is 334 g/mol. The lowest BCUT2D eigenvalue weighted by Gasteiger charge is -2.31.